The minimum Gasteiger partial charge on any atom is -0.352 e. The summed E-state index contributed by atoms with van der Waals surface area (Å²) in [6.07, 6.45) is 0.887. The van der Waals surface area contributed by atoms with E-state index >= 15 is 0 Å². The van der Waals surface area contributed by atoms with Crippen molar-refractivity contribution in [3.8, 4) is 0 Å². The van der Waals surface area contributed by atoms with Gasteiger partial charge in [0.1, 0.15) is 9.84 Å². The van der Waals surface area contributed by atoms with Crippen LogP contribution in [0.25, 0.3) is 0 Å². The highest BCUT2D eigenvalue weighted by Gasteiger charge is 2.08. The van der Waals surface area contributed by atoms with Crippen molar-refractivity contribution >= 4 is 21.6 Å². The summed E-state index contributed by atoms with van der Waals surface area (Å²) in [6.45, 7) is 0. The molecule has 0 aromatic heterocycles. The highest BCUT2D eigenvalue weighted by atomic mass is 32.2. The van der Waals surface area contributed by atoms with Gasteiger partial charge in [0.05, 0.1) is 5.75 Å². The molecular weight excluding hydrogens is 272 g/mol. The first-order valence-electron chi connectivity index (χ1n) is 5.42. The Balaban J connectivity index is 2.55. The summed E-state index contributed by atoms with van der Waals surface area (Å²) in [4.78, 5) is 1.04. The largest absolute Gasteiger partial charge is 0.352 e. The lowest BCUT2D eigenvalue weighted by atomic mass is 10.2. The Kier molecular flexibility index (Phi) is 6.14. The Morgan fingerprint density at radius 2 is 1.72 bits per heavy atom. The van der Waals surface area contributed by atoms with Crippen LogP contribution in [0.2, 0.25) is 0 Å². The van der Waals surface area contributed by atoms with Crippen LogP contribution in [0.4, 0.5) is 0 Å². The maximum atomic E-state index is 11.0. The molecule has 0 saturated heterocycles. The molecule has 0 fully saturated rings. The van der Waals surface area contributed by atoms with E-state index in [-0.39, 0.29) is 12.0 Å². The molecule has 0 N–H and O–H groups in total. The summed E-state index contributed by atoms with van der Waals surface area (Å²) in [5.41, 5.74) is 0.937. The number of hydrogen-bond acceptors (Lipinski definition) is 5. The van der Waals surface area contributed by atoms with Crippen molar-refractivity contribution < 1.29 is 17.9 Å². The summed E-state index contributed by atoms with van der Waals surface area (Å²) in [5.74, 6) is 0.758. The number of thioether (sulfide) groups is 1. The van der Waals surface area contributed by atoms with Gasteiger partial charge in [-0.3, -0.25) is 0 Å². The van der Waals surface area contributed by atoms with E-state index in [0.29, 0.717) is 5.75 Å². The first-order valence-corrected chi connectivity index (χ1v) is 8.47. The number of rotatable bonds is 7. The molecule has 0 aliphatic carbocycles. The minimum atomic E-state index is -2.88. The Labute approximate surface area is 113 Å². The van der Waals surface area contributed by atoms with E-state index in [9.17, 15) is 8.42 Å². The molecule has 1 aromatic rings. The third kappa shape index (κ3) is 5.39. The van der Waals surface area contributed by atoms with E-state index in [0.717, 1.165) is 10.5 Å². The first kappa shape index (κ1) is 15.5. The van der Waals surface area contributed by atoms with Gasteiger partial charge in [-0.15, -0.1) is 11.8 Å². The molecule has 0 aliphatic rings. The molecule has 6 heteroatoms. The molecule has 0 atom stereocenters. The zero-order chi connectivity index (χ0) is 13.6. The molecule has 0 aliphatic heterocycles. The van der Waals surface area contributed by atoms with Crippen molar-refractivity contribution in [3.63, 3.8) is 0 Å². The van der Waals surface area contributed by atoms with Crippen LogP contribution in [-0.4, -0.2) is 40.4 Å². The number of sulfone groups is 1. The van der Waals surface area contributed by atoms with Crippen molar-refractivity contribution in [2.45, 2.75) is 11.2 Å². The molecule has 0 unspecified atom stereocenters. The van der Waals surface area contributed by atoms with Crippen LogP contribution < -0.4 is 0 Å². The molecule has 1 rings (SSSR count). The van der Waals surface area contributed by atoms with E-state index in [1.54, 1.807) is 14.2 Å². The molecule has 102 valence electrons. The van der Waals surface area contributed by atoms with E-state index in [1.807, 2.05) is 24.3 Å². The zero-order valence-electron chi connectivity index (χ0n) is 10.8. The van der Waals surface area contributed by atoms with Gasteiger partial charge in [0.15, 0.2) is 6.29 Å². The topological polar surface area (TPSA) is 52.6 Å². The Hall–Kier alpha value is -0.560. The highest BCUT2D eigenvalue weighted by molar-refractivity contribution is 8.00. The molecule has 1 aromatic carbocycles. The summed E-state index contributed by atoms with van der Waals surface area (Å²) in [5, 5.41) is 0. The molecule has 0 radical (unpaired) electrons. The Bertz CT molecular complexity index is 449. The quantitative estimate of drug-likeness (QED) is 0.568. The standard InChI is InChI=1S/C12H18O4S2/c1-15-12(16-2)10-4-6-11(7-5-10)17-8-9-18(3,13)14/h4-7,12H,8-9H2,1-3H3. The predicted molar refractivity (Wildman–Crippen MR) is 73.6 cm³/mol. The SMILES string of the molecule is COC(OC)c1ccc(SCCS(C)(=O)=O)cc1. The minimum absolute atomic E-state index is 0.193. The van der Waals surface area contributed by atoms with Gasteiger partial charge in [-0.2, -0.15) is 0 Å². The molecule has 0 saturated carbocycles. The van der Waals surface area contributed by atoms with Gasteiger partial charge in [-0.05, 0) is 12.1 Å². The van der Waals surface area contributed by atoms with Crippen molar-refractivity contribution in [1.82, 2.24) is 0 Å². The highest BCUT2D eigenvalue weighted by Crippen LogP contribution is 2.23. The van der Waals surface area contributed by atoms with Crippen molar-refractivity contribution in [2.75, 3.05) is 32.0 Å². The molecule has 4 nitrogen and oxygen atoms in total. The van der Waals surface area contributed by atoms with Gasteiger partial charge in [-0.25, -0.2) is 8.42 Å². The third-order valence-corrected chi connectivity index (χ3v) is 4.52. The average molecular weight is 290 g/mol. The van der Waals surface area contributed by atoms with Gasteiger partial charge in [0.2, 0.25) is 0 Å². The van der Waals surface area contributed by atoms with Crippen LogP contribution in [0.3, 0.4) is 0 Å². The summed E-state index contributed by atoms with van der Waals surface area (Å²) < 4.78 is 32.3. The summed E-state index contributed by atoms with van der Waals surface area (Å²) >= 11 is 1.52. The molecule has 0 spiro atoms. The molecule has 18 heavy (non-hydrogen) atoms. The molecular formula is C12H18O4S2. The number of ether oxygens (including phenoxy) is 2. The van der Waals surface area contributed by atoms with Crippen LogP contribution in [0.1, 0.15) is 11.9 Å². The summed E-state index contributed by atoms with van der Waals surface area (Å²) in [6, 6.07) is 7.71. The maximum Gasteiger partial charge on any atom is 0.183 e. The first-order chi connectivity index (χ1) is 8.46. The third-order valence-electron chi connectivity index (χ3n) is 2.30. The van der Waals surface area contributed by atoms with Gasteiger partial charge in [-0.1, -0.05) is 12.1 Å². The second kappa shape index (κ2) is 7.13. The van der Waals surface area contributed by atoms with Crippen LogP contribution in [0.15, 0.2) is 29.2 Å². The Morgan fingerprint density at radius 1 is 1.17 bits per heavy atom. The van der Waals surface area contributed by atoms with Crippen LogP contribution in [0, 0.1) is 0 Å². The van der Waals surface area contributed by atoms with Gasteiger partial charge in [0, 0.05) is 36.7 Å². The fourth-order valence-electron chi connectivity index (χ4n) is 1.40. The smallest absolute Gasteiger partial charge is 0.183 e. The number of hydrogen-bond donors (Lipinski definition) is 0. The normalized spacial score (nSPS) is 12.0. The van der Waals surface area contributed by atoms with E-state index in [1.165, 1.54) is 18.0 Å². The fourth-order valence-corrected chi connectivity index (χ4v) is 3.51. The van der Waals surface area contributed by atoms with Crippen molar-refractivity contribution in [1.29, 1.82) is 0 Å². The van der Waals surface area contributed by atoms with E-state index < -0.39 is 9.84 Å². The molecule has 0 bridgehead atoms. The lowest BCUT2D eigenvalue weighted by Crippen LogP contribution is -2.05. The van der Waals surface area contributed by atoms with Gasteiger partial charge < -0.3 is 9.47 Å². The fraction of sp³-hybridized carbons (Fsp3) is 0.500. The number of methoxy groups -OCH3 is 2. The van der Waals surface area contributed by atoms with Gasteiger partial charge in [0.25, 0.3) is 0 Å². The van der Waals surface area contributed by atoms with Crippen LogP contribution >= 0.6 is 11.8 Å². The zero-order valence-corrected chi connectivity index (χ0v) is 12.4. The molecule has 0 heterocycles. The monoisotopic (exact) mass is 290 g/mol. The second-order valence-corrected chi connectivity index (χ2v) is 7.28. The van der Waals surface area contributed by atoms with Crippen LogP contribution in [0.5, 0.6) is 0 Å². The van der Waals surface area contributed by atoms with E-state index in [4.69, 9.17) is 9.47 Å². The maximum absolute atomic E-state index is 11.0. The average Bonchev–Trinajstić information content (AvgIpc) is 2.31. The van der Waals surface area contributed by atoms with Gasteiger partial charge >= 0.3 is 0 Å². The lowest BCUT2D eigenvalue weighted by Gasteiger charge is -2.13. The van der Waals surface area contributed by atoms with E-state index in [2.05, 4.69) is 0 Å². The van der Waals surface area contributed by atoms with Crippen molar-refractivity contribution in [3.05, 3.63) is 29.8 Å². The number of benzene rings is 1. The van der Waals surface area contributed by atoms with Crippen molar-refractivity contribution in [2.24, 2.45) is 0 Å². The lowest BCUT2D eigenvalue weighted by molar-refractivity contribution is -0.106. The Morgan fingerprint density at radius 3 is 2.17 bits per heavy atom. The predicted octanol–water partition coefficient (Wildman–Crippen LogP) is 2.11. The second-order valence-electron chi connectivity index (χ2n) is 3.85. The molecule has 0 amide bonds. The summed E-state index contributed by atoms with van der Waals surface area (Å²) in [7, 11) is 0.288. The van der Waals surface area contributed by atoms with Crippen LogP contribution in [-0.2, 0) is 19.3 Å².